The van der Waals surface area contributed by atoms with E-state index in [1.54, 1.807) is 25.1 Å². The quantitative estimate of drug-likeness (QED) is 0.487. The second-order valence-electron chi connectivity index (χ2n) is 7.05. The van der Waals surface area contributed by atoms with E-state index in [4.69, 9.17) is 9.84 Å². The first-order chi connectivity index (χ1) is 12.3. The van der Waals surface area contributed by atoms with Crippen molar-refractivity contribution in [3.63, 3.8) is 0 Å². The first kappa shape index (κ1) is 21.8. The Morgan fingerprint density at radius 1 is 1.00 bits per heavy atom. The van der Waals surface area contributed by atoms with Crippen LogP contribution in [-0.2, 0) is 0 Å². The van der Waals surface area contributed by atoms with Crippen molar-refractivity contribution >= 4 is 5.97 Å². The number of benzene rings is 1. The molecule has 0 heterocycles. The molecule has 0 atom stereocenters. The van der Waals surface area contributed by atoms with Gasteiger partial charge in [-0.1, -0.05) is 28.9 Å². The summed E-state index contributed by atoms with van der Waals surface area (Å²) in [5.41, 5.74) is 5.15. The summed E-state index contributed by atoms with van der Waals surface area (Å²) in [5.74, 6) is -0.208. The largest absolute Gasteiger partial charge is 0.490 e. The Balaban J connectivity index is 2.39. The maximum absolute atomic E-state index is 11.0. The summed E-state index contributed by atoms with van der Waals surface area (Å²) in [7, 11) is 0. The third kappa shape index (κ3) is 8.70. The molecule has 1 N–H and O–H groups in total. The standard InChI is InChI=1S/C23H32O3/c1-17(2)8-6-9-18(3)10-7-11-19(4)14-15-26-21-12-13-22(23(24)25)20(5)16-21/h8,10,12-14,16H,6-7,9,11,15H2,1-5H3,(H,24,25)/b18-10+,19-14+. The van der Waals surface area contributed by atoms with E-state index in [2.05, 4.69) is 45.9 Å². The summed E-state index contributed by atoms with van der Waals surface area (Å²) in [6, 6.07) is 5.07. The summed E-state index contributed by atoms with van der Waals surface area (Å²) in [5, 5.41) is 9.04. The number of ether oxygens (including phenoxy) is 1. The molecule has 0 spiro atoms. The highest BCUT2D eigenvalue weighted by Gasteiger charge is 2.07. The Kier molecular flexibility index (Phi) is 9.50. The fourth-order valence-electron chi connectivity index (χ4n) is 2.58. The minimum atomic E-state index is -0.908. The molecule has 0 fully saturated rings. The lowest BCUT2D eigenvalue weighted by atomic mass is 10.1. The van der Waals surface area contributed by atoms with Crippen molar-refractivity contribution in [1.29, 1.82) is 0 Å². The molecule has 3 heteroatoms. The molecule has 0 bridgehead atoms. The van der Waals surface area contributed by atoms with Gasteiger partial charge in [-0.2, -0.15) is 0 Å². The lowest BCUT2D eigenvalue weighted by Crippen LogP contribution is -2.01. The fraction of sp³-hybridized carbons (Fsp3) is 0.435. The van der Waals surface area contributed by atoms with Crippen LogP contribution in [0.5, 0.6) is 5.75 Å². The number of carbonyl (C=O) groups is 1. The minimum absolute atomic E-state index is 0.316. The van der Waals surface area contributed by atoms with E-state index in [0.717, 1.165) is 25.7 Å². The van der Waals surface area contributed by atoms with E-state index in [-0.39, 0.29) is 0 Å². The maximum atomic E-state index is 11.0. The molecule has 0 unspecified atom stereocenters. The third-order valence-corrected chi connectivity index (χ3v) is 4.23. The van der Waals surface area contributed by atoms with Crippen molar-refractivity contribution in [2.24, 2.45) is 0 Å². The van der Waals surface area contributed by atoms with Gasteiger partial charge in [-0.15, -0.1) is 0 Å². The van der Waals surface area contributed by atoms with Crippen molar-refractivity contribution < 1.29 is 14.6 Å². The number of aryl methyl sites for hydroxylation is 1. The Bertz CT molecular complexity index is 689. The van der Waals surface area contributed by atoms with Crippen LogP contribution in [-0.4, -0.2) is 17.7 Å². The highest BCUT2D eigenvalue weighted by Crippen LogP contribution is 2.18. The van der Waals surface area contributed by atoms with Gasteiger partial charge in [0.25, 0.3) is 0 Å². The van der Waals surface area contributed by atoms with Gasteiger partial charge in [0.2, 0.25) is 0 Å². The fourth-order valence-corrected chi connectivity index (χ4v) is 2.58. The normalized spacial score (nSPS) is 12.0. The zero-order chi connectivity index (χ0) is 19.5. The van der Waals surface area contributed by atoms with Crippen LogP contribution in [0.2, 0.25) is 0 Å². The van der Waals surface area contributed by atoms with E-state index >= 15 is 0 Å². The molecule has 1 rings (SSSR count). The molecular weight excluding hydrogens is 324 g/mol. The summed E-state index contributed by atoms with van der Waals surface area (Å²) < 4.78 is 5.70. The predicted molar refractivity (Wildman–Crippen MR) is 109 cm³/mol. The molecule has 0 aliphatic carbocycles. The van der Waals surface area contributed by atoms with Crippen molar-refractivity contribution in [3.05, 3.63) is 64.3 Å². The van der Waals surface area contributed by atoms with Gasteiger partial charge in [0.05, 0.1) is 5.56 Å². The first-order valence-electron chi connectivity index (χ1n) is 9.21. The number of carboxylic acid groups (broad SMARTS) is 1. The van der Waals surface area contributed by atoms with E-state index in [0.29, 0.717) is 23.5 Å². The smallest absolute Gasteiger partial charge is 0.335 e. The molecule has 1 aromatic rings. The lowest BCUT2D eigenvalue weighted by Gasteiger charge is -2.07. The van der Waals surface area contributed by atoms with E-state index < -0.39 is 5.97 Å². The molecule has 142 valence electrons. The SMILES string of the molecule is CC(C)=CCC/C(C)=C/CC/C(C)=C/COc1ccc(C(=O)O)c(C)c1. The highest BCUT2D eigenvalue weighted by molar-refractivity contribution is 5.89. The number of allylic oxidation sites excluding steroid dienone is 5. The minimum Gasteiger partial charge on any atom is -0.490 e. The Hall–Kier alpha value is -2.29. The Morgan fingerprint density at radius 2 is 1.62 bits per heavy atom. The summed E-state index contributed by atoms with van der Waals surface area (Å²) in [4.78, 5) is 11.0. The van der Waals surface area contributed by atoms with Crippen LogP contribution in [0.25, 0.3) is 0 Å². The van der Waals surface area contributed by atoms with Crippen LogP contribution in [0.4, 0.5) is 0 Å². The number of rotatable bonds is 10. The van der Waals surface area contributed by atoms with Crippen LogP contribution in [0.15, 0.2) is 53.1 Å². The van der Waals surface area contributed by atoms with Gasteiger partial charge in [0, 0.05) is 0 Å². The molecule has 0 saturated heterocycles. The van der Waals surface area contributed by atoms with Gasteiger partial charge in [-0.05, 0) is 90.1 Å². The molecule has 0 amide bonds. The first-order valence-corrected chi connectivity index (χ1v) is 9.21. The number of hydrogen-bond acceptors (Lipinski definition) is 2. The van der Waals surface area contributed by atoms with Crippen LogP contribution in [0, 0.1) is 6.92 Å². The third-order valence-electron chi connectivity index (χ3n) is 4.23. The molecule has 0 radical (unpaired) electrons. The number of aromatic carboxylic acids is 1. The van der Waals surface area contributed by atoms with Crippen molar-refractivity contribution in [3.8, 4) is 5.75 Å². The second kappa shape index (κ2) is 11.3. The molecular formula is C23H32O3. The zero-order valence-corrected chi connectivity index (χ0v) is 16.8. The summed E-state index contributed by atoms with van der Waals surface area (Å²) in [6.07, 6.45) is 11.0. The molecule has 0 saturated carbocycles. The number of carboxylic acids is 1. The average Bonchev–Trinajstić information content (AvgIpc) is 2.54. The molecule has 0 aliphatic rings. The topological polar surface area (TPSA) is 46.5 Å². The van der Waals surface area contributed by atoms with Gasteiger partial charge in [0.1, 0.15) is 12.4 Å². The van der Waals surface area contributed by atoms with Crippen LogP contribution in [0.1, 0.15) is 69.3 Å². The van der Waals surface area contributed by atoms with E-state index in [1.807, 2.05) is 0 Å². The molecule has 26 heavy (non-hydrogen) atoms. The van der Waals surface area contributed by atoms with Gasteiger partial charge in [-0.3, -0.25) is 0 Å². The average molecular weight is 357 g/mol. The Morgan fingerprint density at radius 3 is 2.19 bits per heavy atom. The van der Waals surface area contributed by atoms with Crippen molar-refractivity contribution in [2.75, 3.05) is 6.61 Å². The summed E-state index contributed by atoms with van der Waals surface area (Å²) in [6.45, 7) is 10.9. The number of hydrogen-bond donors (Lipinski definition) is 1. The van der Waals surface area contributed by atoms with Gasteiger partial charge < -0.3 is 9.84 Å². The van der Waals surface area contributed by atoms with E-state index in [9.17, 15) is 4.79 Å². The van der Waals surface area contributed by atoms with Gasteiger partial charge in [-0.25, -0.2) is 4.79 Å². The van der Waals surface area contributed by atoms with Crippen LogP contribution in [0.3, 0.4) is 0 Å². The molecule has 0 aliphatic heterocycles. The summed E-state index contributed by atoms with van der Waals surface area (Å²) >= 11 is 0. The molecule has 0 aromatic heterocycles. The Labute approximate surface area is 158 Å². The van der Waals surface area contributed by atoms with Crippen molar-refractivity contribution in [1.82, 2.24) is 0 Å². The molecule has 1 aromatic carbocycles. The van der Waals surface area contributed by atoms with E-state index in [1.165, 1.54) is 16.7 Å². The highest BCUT2D eigenvalue weighted by atomic mass is 16.5. The van der Waals surface area contributed by atoms with Crippen LogP contribution < -0.4 is 4.74 Å². The lowest BCUT2D eigenvalue weighted by molar-refractivity contribution is 0.0696. The zero-order valence-electron chi connectivity index (χ0n) is 16.8. The molecule has 3 nitrogen and oxygen atoms in total. The predicted octanol–water partition coefficient (Wildman–Crippen LogP) is 6.49. The van der Waals surface area contributed by atoms with Gasteiger partial charge >= 0.3 is 5.97 Å². The van der Waals surface area contributed by atoms with Crippen LogP contribution >= 0.6 is 0 Å². The van der Waals surface area contributed by atoms with Crippen molar-refractivity contribution in [2.45, 2.75) is 60.3 Å². The second-order valence-corrected chi connectivity index (χ2v) is 7.05. The monoisotopic (exact) mass is 356 g/mol. The maximum Gasteiger partial charge on any atom is 0.335 e. The van der Waals surface area contributed by atoms with Gasteiger partial charge in [0.15, 0.2) is 0 Å².